The number of nitrogens with zero attached hydrogens (tertiary/aromatic N) is 3. The molecule has 0 radical (unpaired) electrons. The lowest BCUT2D eigenvalue weighted by atomic mass is 10.0. The lowest BCUT2D eigenvalue weighted by molar-refractivity contribution is 0.0978. The van der Waals surface area contributed by atoms with Gasteiger partial charge in [-0.1, -0.05) is 53.5 Å². The molecule has 0 bridgehead atoms. The highest BCUT2D eigenvalue weighted by Gasteiger charge is 2.25. The number of carbonyl (C=O) groups excluding carboxylic acids is 1. The van der Waals surface area contributed by atoms with Gasteiger partial charge in [-0.3, -0.25) is 4.79 Å². The summed E-state index contributed by atoms with van der Waals surface area (Å²) in [5.74, 6) is 0.0537. The van der Waals surface area contributed by atoms with E-state index in [9.17, 15) is 13.2 Å². The van der Waals surface area contributed by atoms with Crippen LogP contribution in [-0.2, 0) is 29.6 Å². The Bertz CT molecular complexity index is 1600. The monoisotopic (exact) mass is 568 g/mol. The molecule has 3 aromatic carbocycles. The SMILES string of the molecule is O=C(NS(=O)(=O)c1cccc(Cl)c1)c1cnc(N2CCc3ccccc3C2)nc1COc1ccc(Cl)cc1. The summed E-state index contributed by atoms with van der Waals surface area (Å²) in [6.45, 7) is 1.22. The third kappa shape index (κ3) is 5.91. The van der Waals surface area contributed by atoms with Gasteiger partial charge in [0.25, 0.3) is 15.9 Å². The first-order valence-corrected chi connectivity index (χ1v) is 13.9. The van der Waals surface area contributed by atoms with E-state index in [-0.39, 0.29) is 27.8 Å². The Hall–Kier alpha value is -3.66. The summed E-state index contributed by atoms with van der Waals surface area (Å²) in [5, 5.41) is 0.784. The quantitative estimate of drug-likeness (QED) is 0.333. The highest BCUT2D eigenvalue weighted by molar-refractivity contribution is 7.90. The van der Waals surface area contributed by atoms with Crippen molar-refractivity contribution in [2.45, 2.75) is 24.5 Å². The smallest absolute Gasteiger partial charge is 0.268 e. The first kappa shape index (κ1) is 26.0. The number of sulfonamides is 1. The summed E-state index contributed by atoms with van der Waals surface area (Å²) in [6.07, 6.45) is 2.16. The molecule has 0 fully saturated rings. The number of amides is 1. The van der Waals surface area contributed by atoms with E-state index in [4.69, 9.17) is 27.9 Å². The van der Waals surface area contributed by atoms with E-state index >= 15 is 0 Å². The fourth-order valence-corrected chi connectivity index (χ4v) is 5.47. The summed E-state index contributed by atoms with van der Waals surface area (Å²) in [5.41, 5.74) is 2.67. The van der Waals surface area contributed by atoms with Gasteiger partial charge in [0.2, 0.25) is 5.95 Å². The van der Waals surface area contributed by atoms with Gasteiger partial charge in [-0.15, -0.1) is 0 Å². The Labute approximate surface area is 230 Å². The van der Waals surface area contributed by atoms with Gasteiger partial charge < -0.3 is 9.64 Å². The molecule has 2 heterocycles. The van der Waals surface area contributed by atoms with Crippen molar-refractivity contribution in [3.63, 3.8) is 0 Å². The van der Waals surface area contributed by atoms with Crippen LogP contribution in [0.2, 0.25) is 10.0 Å². The van der Waals surface area contributed by atoms with Crippen LogP contribution in [0.4, 0.5) is 5.95 Å². The van der Waals surface area contributed by atoms with E-state index < -0.39 is 15.9 Å². The molecule has 0 aliphatic carbocycles. The number of rotatable bonds is 7. The molecule has 4 aromatic rings. The Morgan fingerprint density at radius 1 is 0.974 bits per heavy atom. The topological polar surface area (TPSA) is 101 Å². The minimum Gasteiger partial charge on any atom is -0.487 e. The van der Waals surface area contributed by atoms with E-state index in [1.54, 1.807) is 30.3 Å². The summed E-state index contributed by atoms with van der Waals surface area (Å²) in [7, 11) is -4.19. The van der Waals surface area contributed by atoms with Gasteiger partial charge in [0.05, 0.1) is 16.2 Å². The lowest BCUT2D eigenvalue weighted by Gasteiger charge is -2.29. The van der Waals surface area contributed by atoms with Crippen molar-refractivity contribution in [1.82, 2.24) is 14.7 Å². The lowest BCUT2D eigenvalue weighted by Crippen LogP contribution is -2.34. The molecular weight excluding hydrogens is 547 g/mol. The first-order valence-electron chi connectivity index (χ1n) is 11.7. The Kier molecular flexibility index (Phi) is 7.51. The zero-order valence-corrected chi connectivity index (χ0v) is 22.3. The molecule has 1 aliphatic rings. The van der Waals surface area contributed by atoms with Gasteiger partial charge in [-0.05, 0) is 60.0 Å². The van der Waals surface area contributed by atoms with Crippen LogP contribution in [0.25, 0.3) is 0 Å². The molecule has 0 atom stereocenters. The maximum Gasteiger partial charge on any atom is 0.268 e. The van der Waals surface area contributed by atoms with Crippen molar-refractivity contribution in [3.05, 3.63) is 111 Å². The molecule has 1 amide bonds. The zero-order valence-electron chi connectivity index (χ0n) is 20.0. The molecule has 5 rings (SSSR count). The molecule has 0 saturated carbocycles. The molecule has 1 aromatic heterocycles. The largest absolute Gasteiger partial charge is 0.487 e. The Morgan fingerprint density at radius 3 is 2.50 bits per heavy atom. The van der Waals surface area contributed by atoms with Crippen LogP contribution in [-0.4, -0.2) is 30.8 Å². The second-order valence-electron chi connectivity index (χ2n) is 8.61. The van der Waals surface area contributed by atoms with Crippen LogP contribution < -0.4 is 14.4 Å². The normalized spacial score (nSPS) is 13.1. The molecule has 1 N–H and O–H groups in total. The van der Waals surface area contributed by atoms with Gasteiger partial charge in [0.15, 0.2) is 0 Å². The molecule has 8 nitrogen and oxygen atoms in total. The van der Waals surface area contributed by atoms with Crippen molar-refractivity contribution in [2.24, 2.45) is 0 Å². The zero-order chi connectivity index (χ0) is 26.7. The van der Waals surface area contributed by atoms with Crippen molar-refractivity contribution in [2.75, 3.05) is 11.4 Å². The Morgan fingerprint density at radius 2 is 1.74 bits per heavy atom. The van der Waals surface area contributed by atoms with Gasteiger partial charge in [0, 0.05) is 29.3 Å². The molecule has 38 heavy (non-hydrogen) atoms. The summed E-state index contributed by atoms with van der Waals surface area (Å²) in [6, 6.07) is 20.5. The van der Waals surface area contributed by atoms with Crippen LogP contribution in [0.3, 0.4) is 0 Å². The number of fused-ring (bicyclic) bond motifs is 1. The molecular formula is C27H22Cl2N4O4S. The average molecular weight is 569 g/mol. The standard InChI is InChI=1S/C27H22Cl2N4O4S/c28-20-8-10-22(11-9-20)37-17-25-24(26(34)32-38(35,36)23-7-3-6-21(29)14-23)15-30-27(31-25)33-13-12-18-4-1-2-5-19(18)16-33/h1-11,14-15H,12-13,16-17H2,(H,32,34). The van der Waals surface area contributed by atoms with Crippen molar-refractivity contribution >= 4 is 45.1 Å². The maximum absolute atomic E-state index is 13.2. The van der Waals surface area contributed by atoms with Crippen LogP contribution in [0.1, 0.15) is 27.2 Å². The number of halogens is 2. The third-order valence-electron chi connectivity index (χ3n) is 6.04. The van der Waals surface area contributed by atoms with Crippen LogP contribution in [0.15, 0.2) is 83.9 Å². The van der Waals surface area contributed by atoms with E-state index in [1.165, 1.54) is 35.5 Å². The maximum atomic E-state index is 13.2. The number of ether oxygens (including phenoxy) is 1. The fraction of sp³-hybridized carbons (Fsp3) is 0.148. The molecule has 0 saturated heterocycles. The van der Waals surface area contributed by atoms with Crippen molar-refractivity contribution in [3.8, 4) is 5.75 Å². The predicted molar refractivity (Wildman–Crippen MR) is 145 cm³/mol. The van der Waals surface area contributed by atoms with E-state index in [0.29, 0.717) is 29.8 Å². The van der Waals surface area contributed by atoms with Crippen LogP contribution >= 0.6 is 23.2 Å². The van der Waals surface area contributed by atoms with Crippen molar-refractivity contribution < 1.29 is 17.9 Å². The second kappa shape index (κ2) is 11.0. The molecule has 0 spiro atoms. The van der Waals surface area contributed by atoms with Gasteiger partial charge in [-0.2, -0.15) is 0 Å². The number of hydrogen-bond donors (Lipinski definition) is 1. The van der Waals surface area contributed by atoms with E-state index in [2.05, 4.69) is 26.8 Å². The number of anilines is 1. The molecule has 1 aliphatic heterocycles. The van der Waals surface area contributed by atoms with E-state index in [1.807, 2.05) is 17.0 Å². The highest BCUT2D eigenvalue weighted by atomic mass is 35.5. The minimum atomic E-state index is -4.19. The Balaban J connectivity index is 1.44. The summed E-state index contributed by atoms with van der Waals surface area (Å²) < 4.78 is 33.6. The van der Waals surface area contributed by atoms with Crippen LogP contribution in [0.5, 0.6) is 5.75 Å². The molecule has 194 valence electrons. The number of hydrogen-bond acceptors (Lipinski definition) is 7. The highest BCUT2D eigenvalue weighted by Crippen LogP contribution is 2.24. The minimum absolute atomic E-state index is 0.0225. The van der Waals surface area contributed by atoms with Gasteiger partial charge in [-0.25, -0.2) is 23.1 Å². The summed E-state index contributed by atoms with van der Waals surface area (Å²) >= 11 is 11.9. The number of nitrogens with one attached hydrogen (secondary N) is 1. The summed E-state index contributed by atoms with van der Waals surface area (Å²) in [4.78, 5) is 24.1. The number of carbonyl (C=O) groups is 1. The van der Waals surface area contributed by atoms with Crippen LogP contribution in [0, 0.1) is 0 Å². The van der Waals surface area contributed by atoms with Gasteiger partial charge >= 0.3 is 0 Å². The average Bonchev–Trinajstić information content (AvgIpc) is 2.92. The number of aromatic nitrogens is 2. The van der Waals surface area contributed by atoms with E-state index in [0.717, 1.165) is 6.42 Å². The first-order chi connectivity index (χ1) is 18.3. The third-order valence-corrected chi connectivity index (χ3v) is 7.85. The van der Waals surface area contributed by atoms with Crippen molar-refractivity contribution in [1.29, 1.82) is 0 Å². The molecule has 0 unspecified atom stereocenters. The van der Waals surface area contributed by atoms with Gasteiger partial charge in [0.1, 0.15) is 12.4 Å². The number of benzene rings is 3. The molecule has 11 heteroatoms. The second-order valence-corrected chi connectivity index (χ2v) is 11.2. The predicted octanol–water partition coefficient (Wildman–Crippen LogP) is 5.04. The fourth-order valence-electron chi connectivity index (χ4n) is 4.08.